The molecular formula is C12H17N3O4S. The lowest BCUT2D eigenvalue weighted by Crippen LogP contribution is -2.42. The zero-order valence-electron chi connectivity index (χ0n) is 10.8. The van der Waals surface area contributed by atoms with Gasteiger partial charge < -0.3 is 15.8 Å². The molecule has 7 nitrogen and oxygen atoms in total. The second kappa shape index (κ2) is 6.00. The first-order valence-corrected chi connectivity index (χ1v) is 7.89. The number of nitrogens with two attached hydrogens (primary N) is 1. The quantitative estimate of drug-likeness (QED) is 0.660. The third-order valence-electron chi connectivity index (χ3n) is 2.66. The van der Waals surface area contributed by atoms with E-state index in [0.29, 0.717) is 11.4 Å². The van der Waals surface area contributed by atoms with Crippen molar-refractivity contribution < 1.29 is 17.9 Å². The molecule has 1 saturated carbocycles. The number of rotatable bonds is 6. The Kier molecular flexibility index (Phi) is 4.33. The van der Waals surface area contributed by atoms with E-state index < -0.39 is 16.1 Å². The predicted molar refractivity (Wildman–Crippen MR) is 74.8 cm³/mol. The van der Waals surface area contributed by atoms with Gasteiger partial charge in [-0.25, -0.2) is 17.9 Å². The molecule has 1 aliphatic carbocycles. The fourth-order valence-corrected chi connectivity index (χ4v) is 2.21. The summed E-state index contributed by atoms with van der Waals surface area (Å²) < 4.78 is 30.4. The van der Waals surface area contributed by atoms with Crippen LogP contribution in [0.4, 0.5) is 10.5 Å². The maximum Gasteiger partial charge on any atom is 0.328 e. The second-order valence-electron chi connectivity index (χ2n) is 4.59. The molecule has 0 aromatic heterocycles. The third kappa shape index (κ3) is 4.96. The number of carbonyl (C=O) groups excluding carboxylic acids is 1. The first-order valence-electron chi connectivity index (χ1n) is 6.24. The van der Waals surface area contributed by atoms with E-state index >= 15 is 0 Å². The van der Waals surface area contributed by atoms with Gasteiger partial charge in [-0.3, -0.25) is 0 Å². The van der Waals surface area contributed by atoms with Crippen molar-refractivity contribution in [3.63, 3.8) is 0 Å². The summed E-state index contributed by atoms with van der Waals surface area (Å²) >= 11 is 0. The zero-order chi connectivity index (χ0) is 14.6. The Balaban J connectivity index is 1.73. The van der Waals surface area contributed by atoms with Crippen molar-refractivity contribution in [1.82, 2.24) is 10.0 Å². The SMILES string of the molecule is Nc1ccc(OCCS(=O)(=O)NC(=O)NC2CC2)cc1. The van der Waals surface area contributed by atoms with Gasteiger partial charge in [-0.2, -0.15) is 0 Å². The van der Waals surface area contributed by atoms with E-state index in [1.807, 2.05) is 4.72 Å². The molecular weight excluding hydrogens is 282 g/mol. The number of hydrogen-bond acceptors (Lipinski definition) is 5. The van der Waals surface area contributed by atoms with Gasteiger partial charge in [0, 0.05) is 11.7 Å². The van der Waals surface area contributed by atoms with Crippen LogP contribution in [-0.2, 0) is 10.0 Å². The van der Waals surface area contributed by atoms with Crippen LogP contribution in [0, 0.1) is 0 Å². The molecule has 1 aromatic rings. The molecule has 2 amide bonds. The normalized spacial score (nSPS) is 14.6. The van der Waals surface area contributed by atoms with E-state index in [-0.39, 0.29) is 18.4 Å². The molecule has 0 radical (unpaired) electrons. The van der Waals surface area contributed by atoms with Crippen LogP contribution in [0.1, 0.15) is 12.8 Å². The molecule has 0 aliphatic heterocycles. The lowest BCUT2D eigenvalue weighted by Gasteiger charge is -2.09. The molecule has 4 N–H and O–H groups in total. The van der Waals surface area contributed by atoms with Crippen molar-refractivity contribution in [2.75, 3.05) is 18.1 Å². The van der Waals surface area contributed by atoms with Gasteiger partial charge in [0.1, 0.15) is 18.1 Å². The van der Waals surface area contributed by atoms with Crippen LogP contribution in [0.3, 0.4) is 0 Å². The Hall–Kier alpha value is -1.96. The molecule has 0 atom stereocenters. The fourth-order valence-electron chi connectivity index (χ4n) is 1.47. The highest BCUT2D eigenvalue weighted by atomic mass is 32.2. The highest BCUT2D eigenvalue weighted by Gasteiger charge is 2.25. The minimum Gasteiger partial charge on any atom is -0.492 e. The van der Waals surface area contributed by atoms with Crippen molar-refractivity contribution in [3.8, 4) is 5.75 Å². The standard InChI is InChI=1S/C12H17N3O4S/c13-9-1-5-11(6-2-9)19-7-8-20(17,18)15-12(16)14-10-3-4-10/h1-2,5-6,10H,3-4,7-8,13H2,(H2,14,15,16). The molecule has 110 valence electrons. The molecule has 0 saturated heterocycles. The van der Waals surface area contributed by atoms with E-state index in [9.17, 15) is 13.2 Å². The molecule has 0 bridgehead atoms. The number of amides is 2. The minimum absolute atomic E-state index is 0.0457. The number of nitrogen functional groups attached to an aromatic ring is 1. The average molecular weight is 299 g/mol. The topological polar surface area (TPSA) is 111 Å². The Morgan fingerprint density at radius 3 is 2.55 bits per heavy atom. The van der Waals surface area contributed by atoms with Crippen molar-refractivity contribution >= 4 is 21.7 Å². The summed E-state index contributed by atoms with van der Waals surface area (Å²) in [5.74, 6) is 0.229. The molecule has 1 fully saturated rings. The van der Waals surface area contributed by atoms with E-state index in [1.54, 1.807) is 24.3 Å². The highest BCUT2D eigenvalue weighted by molar-refractivity contribution is 7.90. The van der Waals surface area contributed by atoms with Crippen LogP contribution in [0.15, 0.2) is 24.3 Å². The third-order valence-corrected chi connectivity index (χ3v) is 3.86. The highest BCUT2D eigenvalue weighted by Crippen LogP contribution is 2.18. The summed E-state index contributed by atoms with van der Waals surface area (Å²) in [6, 6.07) is 6.04. The number of anilines is 1. The van der Waals surface area contributed by atoms with Gasteiger partial charge in [0.2, 0.25) is 10.0 Å². The lowest BCUT2D eigenvalue weighted by molar-refractivity contribution is 0.245. The molecule has 0 spiro atoms. The Labute approximate surface area is 117 Å². The van der Waals surface area contributed by atoms with Crippen LogP contribution in [-0.4, -0.2) is 32.9 Å². The van der Waals surface area contributed by atoms with Crippen LogP contribution < -0.4 is 20.5 Å². The monoisotopic (exact) mass is 299 g/mol. The number of carbonyl (C=O) groups is 1. The van der Waals surface area contributed by atoms with Crippen LogP contribution in [0.25, 0.3) is 0 Å². The maximum atomic E-state index is 11.6. The average Bonchev–Trinajstić information content (AvgIpc) is 3.14. The van der Waals surface area contributed by atoms with Crippen molar-refractivity contribution in [2.45, 2.75) is 18.9 Å². The largest absolute Gasteiger partial charge is 0.492 e. The predicted octanol–water partition coefficient (Wildman–Crippen LogP) is 0.439. The van der Waals surface area contributed by atoms with Crippen LogP contribution >= 0.6 is 0 Å². The number of nitrogens with one attached hydrogen (secondary N) is 2. The van der Waals surface area contributed by atoms with Gasteiger partial charge in [-0.1, -0.05) is 0 Å². The summed E-state index contributed by atoms with van der Waals surface area (Å²) in [4.78, 5) is 11.3. The molecule has 20 heavy (non-hydrogen) atoms. The Morgan fingerprint density at radius 1 is 1.30 bits per heavy atom. The van der Waals surface area contributed by atoms with Gasteiger partial charge in [0.05, 0.1) is 0 Å². The Morgan fingerprint density at radius 2 is 1.95 bits per heavy atom. The fraction of sp³-hybridized carbons (Fsp3) is 0.417. The minimum atomic E-state index is -3.69. The number of ether oxygens (including phenoxy) is 1. The second-order valence-corrected chi connectivity index (χ2v) is 6.43. The van der Waals surface area contributed by atoms with E-state index in [0.717, 1.165) is 12.8 Å². The summed E-state index contributed by atoms with van der Waals surface area (Å²) in [6.45, 7) is -0.0457. The molecule has 2 rings (SSSR count). The van der Waals surface area contributed by atoms with Crippen molar-refractivity contribution in [2.24, 2.45) is 0 Å². The number of sulfonamides is 1. The van der Waals surface area contributed by atoms with E-state index in [4.69, 9.17) is 10.5 Å². The van der Waals surface area contributed by atoms with Gasteiger partial charge in [-0.15, -0.1) is 0 Å². The number of urea groups is 1. The van der Waals surface area contributed by atoms with Crippen molar-refractivity contribution in [1.29, 1.82) is 0 Å². The molecule has 1 aromatic carbocycles. The molecule has 0 heterocycles. The maximum absolute atomic E-state index is 11.6. The van der Waals surface area contributed by atoms with E-state index in [2.05, 4.69) is 5.32 Å². The molecule has 8 heteroatoms. The van der Waals surface area contributed by atoms with Gasteiger partial charge >= 0.3 is 6.03 Å². The summed E-state index contributed by atoms with van der Waals surface area (Å²) in [6.07, 6.45) is 1.79. The first kappa shape index (κ1) is 14.4. The van der Waals surface area contributed by atoms with Crippen LogP contribution in [0.2, 0.25) is 0 Å². The summed E-state index contributed by atoms with van der Waals surface area (Å²) in [5, 5.41) is 2.54. The van der Waals surface area contributed by atoms with Crippen molar-refractivity contribution in [3.05, 3.63) is 24.3 Å². The zero-order valence-corrected chi connectivity index (χ0v) is 11.7. The Bertz CT molecular complexity index is 567. The lowest BCUT2D eigenvalue weighted by atomic mass is 10.3. The van der Waals surface area contributed by atoms with Gasteiger partial charge in [0.15, 0.2) is 0 Å². The number of benzene rings is 1. The van der Waals surface area contributed by atoms with Crippen LogP contribution in [0.5, 0.6) is 5.75 Å². The molecule has 1 aliphatic rings. The summed E-state index contributed by atoms with van der Waals surface area (Å²) in [5.41, 5.74) is 6.12. The van der Waals surface area contributed by atoms with Gasteiger partial charge in [0.25, 0.3) is 0 Å². The summed E-state index contributed by atoms with van der Waals surface area (Å²) in [7, 11) is -3.69. The number of hydrogen-bond donors (Lipinski definition) is 3. The van der Waals surface area contributed by atoms with E-state index in [1.165, 1.54) is 0 Å². The molecule has 0 unspecified atom stereocenters. The smallest absolute Gasteiger partial charge is 0.328 e. The first-order chi connectivity index (χ1) is 9.44. The van der Waals surface area contributed by atoms with Gasteiger partial charge in [-0.05, 0) is 37.1 Å².